The number of H-pyrrole nitrogens is 1. The SMILES string of the molecule is C#CC(=O)N1[C@@H](c2ccc(N)cc2)c2[nH]c3c(F)cc(F)cc3c2C[C@@H]1NCCCC. The van der Waals surface area contributed by atoms with Crippen LogP contribution in [0.3, 0.4) is 0 Å². The fraction of sp³-hybridized carbons (Fsp3) is 0.292. The van der Waals surface area contributed by atoms with Gasteiger partial charge in [-0.25, -0.2) is 8.78 Å². The monoisotopic (exact) mass is 422 g/mol. The van der Waals surface area contributed by atoms with Gasteiger partial charge >= 0.3 is 0 Å². The Kier molecular flexibility index (Phi) is 5.66. The number of rotatable bonds is 5. The van der Waals surface area contributed by atoms with Crippen molar-refractivity contribution in [1.82, 2.24) is 15.2 Å². The summed E-state index contributed by atoms with van der Waals surface area (Å²) < 4.78 is 28.6. The summed E-state index contributed by atoms with van der Waals surface area (Å²) in [6.07, 6.45) is 7.38. The highest BCUT2D eigenvalue weighted by molar-refractivity contribution is 5.95. The van der Waals surface area contributed by atoms with Crippen molar-refractivity contribution in [2.75, 3.05) is 12.3 Å². The van der Waals surface area contributed by atoms with Crippen LogP contribution in [0, 0.1) is 24.0 Å². The van der Waals surface area contributed by atoms with Crippen molar-refractivity contribution in [2.24, 2.45) is 0 Å². The third-order valence-electron chi connectivity index (χ3n) is 5.77. The lowest BCUT2D eigenvalue weighted by Gasteiger charge is -2.41. The summed E-state index contributed by atoms with van der Waals surface area (Å²) in [6.45, 7) is 2.76. The number of nitrogens with one attached hydrogen (secondary N) is 2. The van der Waals surface area contributed by atoms with Crippen molar-refractivity contribution in [3.05, 3.63) is 64.9 Å². The van der Waals surface area contributed by atoms with Crippen LogP contribution in [0.2, 0.25) is 0 Å². The van der Waals surface area contributed by atoms with E-state index in [9.17, 15) is 13.6 Å². The Morgan fingerprint density at radius 1 is 1.32 bits per heavy atom. The van der Waals surface area contributed by atoms with Crippen molar-refractivity contribution in [3.8, 4) is 12.3 Å². The van der Waals surface area contributed by atoms with Crippen molar-refractivity contribution in [2.45, 2.75) is 38.4 Å². The van der Waals surface area contributed by atoms with Gasteiger partial charge in [0.1, 0.15) is 11.6 Å². The molecule has 7 heteroatoms. The number of hydrogen-bond donors (Lipinski definition) is 3. The van der Waals surface area contributed by atoms with Crippen LogP contribution < -0.4 is 11.1 Å². The molecule has 0 saturated carbocycles. The average Bonchev–Trinajstić information content (AvgIpc) is 3.12. The lowest BCUT2D eigenvalue weighted by atomic mass is 9.90. The zero-order chi connectivity index (χ0) is 22.1. The smallest absolute Gasteiger partial charge is 0.300 e. The molecule has 2 aromatic carbocycles. The van der Waals surface area contributed by atoms with Crippen LogP contribution in [0.25, 0.3) is 10.9 Å². The van der Waals surface area contributed by atoms with Gasteiger partial charge in [-0.05, 0) is 48.2 Å². The molecule has 4 rings (SSSR count). The Morgan fingerprint density at radius 2 is 2.06 bits per heavy atom. The van der Waals surface area contributed by atoms with Crippen molar-refractivity contribution < 1.29 is 13.6 Å². The number of halogens is 2. The van der Waals surface area contributed by atoms with Crippen molar-refractivity contribution >= 4 is 22.5 Å². The molecule has 0 aliphatic carbocycles. The highest BCUT2D eigenvalue weighted by Gasteiger charge is 2.40. The molecule has 0 spiro atoms. The number of aromatic amines is 1. The predicted octanol–water partition coefficient (Wildman–Crippen LogP) is 3.85. The lowest BCUT2D eigenvalue weighted by molar-refractivity contribution is -0.130. The van der Waals surface area contributed by atoms with Gasteiger partial charge in [0.15, 0.2) is 0 Å². The first-order valence-electron chi connectivity index (χ1n) is 10.3. The minimum Gasteiger partial charge on any atom is -0.399 e. The number of anilines is 1. The minimum absolute atomic E-state index is 0.217. The maximum absolute atomic E-state index is 14.6. The summed E-state index contributed by atoms with van der Waals surface area (Å²) in [4.78, 5) is 17.6. The molecule has 0 radical (unpaired) electrons. The second-order valence-electron chi connectivity index (χ2n) is 7.78. The Balaban J connectivity index is 1.93. The van der Waals surface area contributed by atoms with Gasteiger partial charge in [0.05, 0.1) is 17.7 Å². The Morgan fingerprint density at radius 3 is 2.74 bits per heavy atom. The molecule has 31 heavy (non-hydrogen) atoms. The van der Waals surface area contributed by atoms with Gasteiger partial charge < -0.3 is 15.6 Å². The second-order valence-corrected chi connectivity index (χ2v) is 7.78. The molecule has 3 aromatic rings. The predicted molar refractivity (Wildman–Crippen MR) is 117 cm³/mol. The summed E-state index contributed by atoms with van der Waals surface area (Å²) in [6, 6.07) is 8.70. The van der Waals surface area contributed by atoms with Gasteiger partial charge in [0.25, 0.3) is 5.91 Å². The third kappa shape index (κ3) is 3.75. The standard InChI is InChI=1S/C24H24F2N4O/c1-3-5-10-28-20-13-18-17-11-15(25)12-19(26)22(17)29-23(18)24(30(20)21(31)4-2)14-6-8-16(27)9-7-14/h2,6-9,11-12,20,24,28-29H,3,5,10,13,27H2,1H3/t20-,24+/m1/s1. The quantitative estimate of drug-likeness (QED) is 0.332. The van der Waals surface area contributed by atoms with Crippen LogP contribution in [0.5, 0.6) is 0 Å². The number of amides is 1. The van der Waals surface area contributed by atoms with E-state index < -0.39 is 29.7 Å². The van der Waals surface area contributed by atoms with Crippen LogP contribution >= 0.6 is 0 Å². The normalized spacial score (nSPS) is 18.1. The van der Waals surface area contributed by atoms with Gasteiger partial charge in [-0.1, -0.05) is 25.5 Å². The van der Waals surface area contributed by atoms with Crippen LogP contribution in [-0.4, -0.2) is 28.5 Å². The number of unbranched alkanes of at least 4 members (excludes halogenated alkanes) is 1. The minimum atomic E-state index is -0.675. The van der Waals surface area contributed by atoms with Crippen LogP contribution in [0.4, 0.5) is 14.5 Å². The molecule has 160 valence electrons. The first-order valence-corrected chi connectivity index (χ1v) is 10.3. The van der Waals surface area contributed by atoms with Gasteiger partial charge in [0, 0.05) is 29.3 Å². The van der Waals surface area contributed by atoms with E-state index in [4.69, 9.17) is 12.2 Å². The number of benzene rings is 2. The van der Waals surface area contributed by atoms with Crippen LogP contribution in [0.1, 0.15) is 42.6 Å². The lowest BCUT2D eigenvalue weighted by Crippen LogP contribution is -2.54. The fourth-order valence-corrected chi connectivity index (χ4v) is 4.31. The molecule has 0 unspecified atom stereocenters. The molecular weight excluding hydrogens is 398 g/mol. The Labute approximate surface area is 179 Å². The number of nitrogens with two attached hydrogens (primary N) is 1. The second kappa shape index (κ2) is 8.40. The van der Waals surface area contributed by atoms with Gasteiger partial charge in [-0.3, -0.25) is 10.1 Å². The number of terminal acetylenes is 1. The van der Waals surface area contributed by atoms with E-state index in [1.54, 1.807) is 17.0 Å². The number of hydrogen-bond acceptors (Lipinski definition) is 3. The number of nitrogens with zero attached hydrogens (tertiary/aromatic N) is 1. The molecule has 2 atom stereocenters. The average molecular weight is 422 g/mol. The summed E-state index contributed by atoms with van der Waals surface area (Å²) in [5, 5.41) is 3.88. The molecule has 0 fully saturated rings. The molecule has 0 saturated heterocycles. The van der Waals surface area contributed by atoms with E-state index in [2.05, 4.69) is 23.1 Å². The topological polar surface area (TPSA) is 74.1 Å². The zero-order valence-electron chi connectivity index (χ0n) is 17.2. The van der Waals surface area contributed by atoms with E-state index in [-0.39, 0.29) is 5.52 Å². The Bertz CT molecular complexity index is 1160. The molecule has 1 aliphatic rings. The summed E-state index contributed by atoms with van der Waals surface area (Å²) in [5.74, 6) is 0.426. The number of aromatic nitrogens is 1. The molecule has 2 heterocycles. The molecule has 0 bridgehead atoms. The van der Waals surface area contributed by atoms with E-state index in [0.717, 1.165) is 30.0 Å². The summed E-state index contributed by atoms with van der Waals surface area (Å²) >= 11 is 0. The van der Waals surface area contributed by atoms with E-state index in [1.807, 2.05) is 12.1 Å². The zero-order valence-corrected chi connectivity index (χ0v) is 17.2. The third-order valence-corrected chi connectivity index (χ3v) is 5.77. The van der Waals surface area contributed by atoms with Crippen LogP contribution in [0.15, 0.2) is 36.4 Å². The molecule has 1 aliphatic heterocycles. The first kappa shape index (κ1) is 20.9. The summed E-state index contributed by atoms with van der Waals surface area (Å²) in [7, 11) is 0. The maximum atomic E-state index is 14.6. The Hall–Kier alpha value is -3.37. The first-order chi connectivity index (χ1) is 14.9. The highest BCUT2D eigenvalue weighted by Crippen LogP contribution is 2.41. The van der Waals surface area contributed by atoms with Gasteiger partial charge in [-0.15, -0.1) is 6.42 Å². The highest BCUT2D eigenvalue weighted by atomic mass is 19.1. The molecule has 1 aromatic heterocycles. The van der Waals surface area contributed by atoms with E-state index >= 15 is 0 Å². The molecule has 4 N–H and O–H groups in total. The summed E-state index contributed by atoms with van der Waals surface area (Å²) in [5.41, 5.74) is 8.82. The number of nitrogen functional groups attached to an aromatic ring is 1. The van der Waals surface area contributed by atoms with E-state index in [1.165, 1.54) is 6.07 Å². The van der Waals surface area contributed by atoms with Gasteiger partial charge in [-0.2, -0.15) is 0 Å². The number of fused-ring (bicyclic) bond motifs is 3. The van der Waals surface area contributed by atoms with Crippen molar-refractivity contribution in [3.63, 3.8) is 0 Å². The van der Waals surface area contributed by atoms with Gasteiger partial charge in [0.2, 0.25) is 0 Å². The van der Waals surface area contributed by atoms with E-state index in [0.29, 0.717) is 29.7 Å². The maximum Gasteiger partial charge on any atom is 0.300 e. The van der Waals surface area contributed by atoms with Crippen LogP contribution in [-0.2, 0) is 11.2 Å². The molecule has 5 nitrogen and oxygen atoms in total. The molecular formula is C24H24F2N4O. The molecule has 1 amide bonds. The number of carbonyl (C=O) groups excluding carboxylic acids is 1. The van der Waals surface area contributed by atoms with Crippen molar-refractivity contribution in [1.29, 1.82) is 0 Å². The number of carbonyl (C=O) groups is 1. The largest absolute Gasteiger partial charge is 0.399 e. The fourth-order valence-electron chi connectivity index (χ4n) is 4.31.